The van der Waals surface area contributed by atoms with Crippen LogP contribution in [0.4, 0.5) is 5.69 Å². The summed E-state index contributed by atoms with van der Waals surface area (Å²) in [4.78, 5) is 26.0. The van der Waals surface area contributed by atoms with Crippen LogP contribution in [0, 0.1) is 0 Å². The predicted molar refractivity (Wildman–Crippen MR) is 80.2 cm³/mol. The Hall–Kier alpha value is -1.26. The molecule has 1 fully saturated rings. The van der Waals surface area contributed by atoms with Crippen LogP contribution in [0.5, 0.6) is 0 Å². The van der Waals surface area contributed by atoms with Gasteiger partial charge in [0.05, 0.1) is 0 Å². The first-order valence-electron chi connectivity index (χ1n) is 6.53. The number of rotatable bonds is 3. The Morgan fingerprint density at radius 2 is 1.80 bits per heavy atom. The highest BCUT2D eigenvalue weighted by molar-refractivity contribution is 6.35. The van der Waals surface area contributed by atoms with Gasteiger partial charge < -0.3 is 5.32 Å². The molecule has 1 aliphatic heterocycles. The first-order valence-corrected chi connectivity index (χ1v) is 7.29. The van der Waals surface area contributed by atoms with Gasteiger partial charge in [0.15, 0.2) is 0 Å². The normalized spacial score (nSPS) is 22.9. The van der Waals surface area contributed by atoms with Crippen molar-refractivity contribution in [3.05, 3.63) is 28.2 Å². The van der Waals surface area contributed by atoms with E-state index in [-0.39, 0.29) is 11.8 Å². The number of nitrogens with one attached hydrogen (secondary N) is 1. The Labute approximate surface area is 128 Å². The minimum atomic E-state index is -0.579. The zero-order chi connectivity index (χ0) is 14.9. The quantitative estimate of drug-likeness (QED) is 0.932. The largest absolute Gasteiger partial charge is 0.342 e. The number of anilines is 1. The van der Waals surface area contributed by atoms with Gasteiger partial charge in [-0.1, -0.05) is 36.5 Å². The number of piperazine rings is 1. The van der Waals surface area contributed by atoms with Crippen molar-refractivity contribution in [3.63, 3.8) is 0 Å². The summed E-state index contributed by atoms with van der Waals surface area (Å²) in [5.41, 5.74) is 0.552. The number of amides is 2. The van der Waals surface area contributed by atoms with E-state index in [1.165, 1.54) is 4.90 Å². The van der Waals surface area contributed by atoms with Crippen LogP contribution in [0.25, 0.3) is 0 Å². The van der Waals surface area contributed by atoms with Crippen molar-refractivity contribution in [1.29, 1.82) is 0 Å². The minimum Gasteiger partial charge on any atom is -0.342 e. The van der Waals surface area contributed by atoms with Crippen molar-refractivity contribution < 1.29 is 9.59 Å². The molecule has 0 spiro atoms. The SMILES string of the molecule is CCCC1NC(=O)C(C)N(c2cc(Cl)cc(Cl)c2)C1=O. The molecule has 0 radical (unpaired) electrons. The summed E-state index contributed by atoms with van der Waals surface area (Å²) in [6, 6.07) is 3.81. The van der Waals surface area contributed by atoms with E-state index < -0.39 is 12.1 Å². The maximum absolute atomic E-state index is 12.5. The van der Waals surface area contributed by atoms with Gasteiger partial charge in [0.1, 0.15) is 12.1 Å². The molecule has 1 aliphatic rings. The highest BCUT2D eigenvalue weighted by Crippen LogP contribution is 2.29. The summed E-state index contributed by atoms with van der Waals surface area (Å²) >= 11 is 12.0. The average molecular weight is 315 g/mol. The number of benzene rings is 1. The fraction of sp³-hybridized carbons (Fsp3) is 0.429. The van der Waals surface area contributed by atoms with E-state index in [2.05, 4.69) is 5.32 Å². The van der Waals surface area contributed by atoms with Crippen LogP contribution in [-0.4, -0.2) is 23.9 Å². The number of carbonyl (C=O) groups is 2. The Kier molecular flexibility index (Phi) is 4.55. The maximum atomic E-state index is 12.5. The molecule has 108 valence electrons. The van der Waals surface area contributed by atoms with Gasteiger partial charge in [0, 0.05) is 15.7 Å². The van der Waals surface area contributed by atoms with Crippen LogP contribution in [0.1, 0.15) is 26.7 Å². The molecule has 0 bridgehead atoms. The van der Waals surface area contributed by atoms with E-state index >= 15 is 0 Å². The summed E-state index contributed by atoms with van der Waals surface area (Å²) in [6.07, 6.45) is 1.43. The predicted octanol–water partition coefficient (Wildman–Crippen LogP) is 3.01. The van der Waals surface area contributed by atoms with Crippen LogP contribution >= 0.6 is 23.2 Å². The lowest BCUT2D eigenvalue weighted by molar-refractivity contribution is -0.133. The molecular weight excluding hydrogens is 299 g/mol. The zero-order valence-corrected chi connectivity index (χ0v) is 12.8. The number of nitrogens with zero attached hydrogens (tertiary/aromatic N) is 1. The van der Waals surface area contributed by atoms with Gasteiger partial charge in [0.2, 0.25) is 11.8 Å². The van der Waals surface area contributed by atoms with Crippen LogP contribution in [-0.2, 0) is 9.59 Å². The molecule has 1 aromatic carbocycles. The van der Waals surface area contributed by atoms with E-state index in [0.717, 1.165) is 6.42 Å². The lowest BCUT2D eigenvalue weighted by Crippen LogP contribution is -2.62. The molecule has 20 heavy (non-hydrogen) atoms. The highest BCUT2D eigenvalue weighted by Gasteiger charge is 2.38. The number of hydrogen-bond donors (Lipinski definition) is 1. The summed E-state index contributed by atoms with van der Waals surface area (Å²) in [5.74, 6) is -0.295. The molecule has 0 aromatic heterocycles. The van der Waals surface area contributed by atoms with Gasteiger partial charge in [-0.25, -0.2) is 0 Å². The Morgan fingerprint density at radius 3 is 2.35 bits per heavy atom. The van der Waals surface area contributed by atoms with Crippen molar-refractivity contribution in [2.45, 2.75) is 38.8 Å². The first-order chi connectivity index (χ1) is 9.43. The second-order valence-corrected chi connectivity index (χ2v) is 5.73. The van der Waals surface area contributed by atoms with Crippen molar-refractivity contribution in [1.82, 2.24) is 5.32 Å². The molecule has 0 aliphatic carbocycles. The fourth-order valence-corrected chi connectivity index (χ4v) is 2.86. The zero-order valence-electron chi connectivity index (χ0n) is 11.3. The topological polar surface area (TPSA) is 49.4 Å². The van der Waals surface area contributed by atoms with Crippen molar-refractivity contribution >= 4 is 40.7 Å². The van der Waals surface area contributed by atoms with Gasteiger partial charge >= 0.3 is 0 Å². The van der Waals surface area contributed by atoms with Crippen LogP contribution < -0.4 is 10.2 Å². The van der Waals surface area contributed by atoms with E-state index in [1.54, 1.807) is 25.1 Å². The summed E-state index contributed by atoms with van der Waals surface area (Å²) in [5, 5.41) is 3.62. The summed E-state index contributed by atoms with van der Waals surface area (Å²) in [7, 11) is 0. The minimum absolute atomic E-state index is 0.128. The molecule has 6 heteroatoms. The van der Waals surface area contributed by atoms with E-state index in [1.807, 2.05) is 6.92 Å². The van der Waals surface area contributed by atoms with Gasteiger partial charge in [-0.15, -0.1) is 0 Å². The molecule has 1 N–H and O–H groups in total. The second kappa shape index (κ2) is 6.02. The molecule has 2 unspecified atom stereocenters. The molecule has 2 rings (SSSR count). The standard InChI is InChI=1S/C14H16Cl2N2O2/c1-3-4-12-14(20)18(8(2)13(19)17-12)11-6-9(15)5-10(16)7-11/h5-8,12H,3-4H2,1-2H3,(H,17,19). The molecule has 2 atom stereocenters. The van der Waals surface area contributed by atoms with E-state index in [9.17, 15) is 9.59 Å². The number of halogens is 2. The maximum Gasteiger partial charge on any atom is 0.250 e. The first kappa shape index (κ1) is 15.1. The highest BCUT2D eigenvalue weighted by atomic mass is 35.5. The average Bonchev–Trinajstić information content (AvgIpc) is 2.35. The van der Waals surface area contributed by atoms with Crippen LogP contribution in [0.15, 0.2) is 18.2 Å². The van der Waals surface area contributed by atoms with Gasteiger partial charge in [0.25, 0.3) is 0 Å². The van der Waals surface area contributed by atoms with Gasteiger partial charge in [-0.2, -0.15) is 0 Å². The fourth-order valence-electron chi connectivity index (χ4n) is 2.34. The monoisotopic (exact) mass is 314 g/mol. The lowest BCUT2D eigenvalue weighted by Gasteiger charge is -2.37. The van der Waals surface area contributed by atoms with Gasteiger partial charge in [-0.05, 0) is 31.5 Å². The molecule has 1 aromatic rings. The summed E-state index contributed by atoms with van der Waals surface area (Å²) in [6.45, 7) is 3.66. The van der Waals surface area contributed by atoms with E-state index in [4.69, 9.17) is 23.2 Å². The molecule has 2 amide bonds. The third kappa shape index (κ3) is 2.91. The molecule has 0 saturated carbocycles. The second-order valence-electron chi connectivity index (χ2n) is 4.86. The third-order valence-electron chi connectivity index (χ3n) is 3.32. The number of hydrogen-bond acceptors (Lipinski definition) is 2. The molecule has 1 saturated heterocycles. The number of carbonyl (C=O) groups excluding carboxylic acids is 2. The Morgan fingerprint density at radius 1 is 1.20 bits per heavy atom. The van der Waals surface area contributed by atoms with Crippen molar-refractivity contribution in [2.24, 2.45) is 0 Å². The van der Waals surface area contributed by atoms with Gasteiger partial charge in [-0.3, -0.25) is 14.5 Å². The van der Waals surface area contributed by atoms with Crippen LogP contribution in [0.2, 0.25) is 10.0 Å². The van der Waals surface area contributed by atoms with Crippen molar-refractivity contribution in [2.75, 3.05) is 4.90 Å². The van der Waals surface area contributed by atoms with Crippen LogP contribution in [0.3, 0.4) is 0 Å². The lowest BCUT2D eigenvalue weighted by atomic mass is 10.0. The van der Waals surface area contributed by atoms with E-state index in [0.29, 0.717) is 22.2 Å². The third-order valence-corrected chi connectivity index (χ3v) is 3.76. The molecular formula is C14H16Cl2N2O2. The van der Waals surface area contributed by atoms with Crippen molar-refractivity contribution in [3.8, 4) is 0 Å². The molecule has 4 nitrogen and oxygen atoms in total. The summed E-state index contributed by atoms with van der Waals surface area (Å²) < 4.78 is 0. The Balaban J connectivity index is 2.40. The smallest absolute Gasteiger partial charge is 0.250 e. The molecule has 1 heterocycles. The Bertz CT molecular complexity index is 528.